The number of esters is 3. The smallest absolute Gasteiger partial charge is 0.405 e. The molecule has 0 bridgehead atoms. The van der Waals surface area contributed by atoms with E-state index >= 15 is 0 Å². The molecule has 0 saturated heterocycles. The number of nitro groups is 1. The number of carbonyl (C=O) groups is 3. The lowest BCUT2D eigenvalue weighted by molar-refractivity contribution is -0.385. The number of ether oxygens (including phenoxy) is 3. The van der Waals surface area contributed by atoms with Crippen LogP contribution >= 0.6 is 22.6 Å². The van der Waals surface area contributed by atoms with Crippen LogP contribution in [0.4, 0.5) is 14.5 Å². The largest absolute Gasteiger partial charge is 0.451 e. The van der Waals surface area contributed by atoms with E-state index in [0.717, 1.165) is 12.1 Å². The summed E-state index contributed by atoms with van der Waals surface area (Å²) in [5.74, 6) is -4.10. The maximum Gasteiger partial charge on any atom is 0.405 e. The molecule has 1 N–H and O–H groups in total. The molecule has 0 aliphatic carbocycles. The lowest BCUT2D eigenvalue weighted by Crippen LogP contribution is -2.42. The number of benzene rings is 2. The van der Waals surface area contributed by atoms with Gasteiger partial charge in [-0.05, 0) is 53.8 Å². The summed E-state index contributed by atoms with van der Waals surface area (Å²) in [7, 11) is -5.98. The summed E-state index contributed by atoms with van der Waals surface area (Å²) in [6, 6.07) is 6.43. The average molecular weight is 643 g/mol. The van der Waals surface area contributed by atoms with Gasteiger partial charge in [-0.3, -0.25) is 19.5 Å². The van der Waals surface area contributed by atoms with Gasteiger partial charge in [0.15, 0.2) is 6.10 Å². The third kappa shape index (κ3) is 6.70. The van der Waals surface area contributed by atoms with Crippen LogP contribution < -0.4 is 9.47 Å². The Balaban J connectivity index is 2.39. The standard InChI is InChI=1S/C20H16F2INO11S/c1-3-17(25)35-16-8-11(23)4-6-13(16)18(26)34-12-5-7-15(24(28)29)14(9-12)19(27)33-10(2)20(21,22)36(30,31)32/h4-10H,3H2,1-2H3,(H,30,31,32). The van der Waals surface area contributed by atoms with Gasteiger partial charge < -0.3 is 14.2 Å². The van der Waals surface area contributed by atoms with Crippen molar-refractivity contribution < 1.29 is 55.3 Å². The monoisotopic (exact) mass is 643 g/mol. The highest BCUT2D eigenvalue weighted by molar-refractivity contribution is 14.1. The van der Waals surface area contributed by atoms with Gasteiger partial charge in [0.2, 0.25) is 0 Å². The Bertz CT molecular complexity index is 1330. The zero-order valence-corrected chi connectivity index (χ0v) is 21.2. The number of nitrogens with zero attached hydrogens (tertiary/aromatic N) is 1. The van der Waals surface area contributed by atoms with E-state index in [9.17, 15) is 41.7 Å². The number of halogens is 3. The van der Waals surface area contributed by atoms with Crippen LogP contribution in [0.25, 0.3) is 0 Å². The van der Waals surface area contributed by atoms with E-state index in [0.29, 0.717) is 16.6 Å². The van der Waals surface area contributed by atoms with E-state index in [1.807, 2.05) is 22.6 Å². The fourth-order valence-corrected chi connectivity index (χ4v) is 3.44. The molecule has 16 heteroatoms. The van der Waals surface area contributed by atoms with Crippen LogP contribution in [0.1, 0.15) is 41.0 Å². The van der Waals surface area contributed by atoms with Gasteiger partial charge in [0.05, 0.1) is 4.92 Å². The van der Waals surface area contributed by atoms with Crippen molar-refractivity contribution in [3.8, 4) is 11.5 Å². The minimum absolute atomic E-state index is 0.00281. The molecule has 0 aliphatic rings. The van der Waals surface area contributed by atoms with Gasteiger partial charge in [0.25, 0.3) is 5.69 Å². The van der Waals surface area contributed by atoms with Gasteiger partial charge in [0, 0.05) is 22.1 Å². The van der Waals surface area contributed by atoms with Crippen LogP contribution in [0, 0.1) is 13.7 Å². The molecule has 2 aromatic carbocycles. The summed E-state index contributed by atoms with van der Waals surface area (Å²) in [5, 5.41) is 6.37. The Hall–Kier alpha value is -3.25. The van der Waals surface area contributed by atoms with Crippen molar-refractivity contribution in [2.45, 2.75) is 31.6 Å². The maximum atomic E-state index is 13.7. The molecule has 0 aromatic heterocycles. The fraction of sp³-hybridized carbons (Fsp3) is 0.250. The zero-order chi connectivity index (χ0) is 27.4. The Kier molecular flexibility index (Phi) is 9.03. The third-order valence-corrected chi connectivity index (χ3v) is 6.06. The predicted molar refractivity (Wildman–Crippen MR) is 125 cm³/mol. The molecule has 0 radical (unpaired) electrons. The SMILES string of the molecule is CCC(=O)Oc1cc(I)ccc1C(=O)Oc1ccc([N+](=O)[O-])c(C(=O)OC(C)C(F)(F)S(=O)(=O)O)c1. The second kappa shape index (κ2) is 11.2. The number of hydrogen-bond acceptors (Lipinski definition) is 10. The quantitative estimate of drug-likeness (QED) is 0.105. The van der Waals surface area contributed by atoms with Crippen molar-refractivity contribution in [3.63, 3.8) is 0 Å². The van der Waals surface area contributed by atoms with Crippen molar-refractivity contribution in [1.82, 2.24) is 0 Å². The number of rotatable bonds is 9. The van der Waals surface area contributed by atoms with Gasteiger partial charge in [-0.15, -0.1) is 0 Å². The van der Waals surface area contributed by atoms with Gasteiger partial charge in [0.1, 0.15) is 22.6 Å². The molecule has 1 unspecified atom stereocenters. The average Bonchev–Trinajstić information content (AvgIpc) is 2.77. The molecule has 0 heterocycles. The summed E-state index contributed by atoms with van der Waals surface area (Å²) in [6.07, 6.45) is -2.74. The minimum atomic E-state index is -5.98. The Labute approximate surface area is 215 Å². The summed E-state index contributed by atoms with van der Waals surface area (Å²) in [5.41, 5.74) is -2.10. The molecule has 0 amide bonds. The number of hydrogen-bond donors (Lipinski definition) is 1. The summed E-state index contributed by atoms with van der Waals surface area (Å²) in [6.45, 7) is 1.97. The van der Waals surface area contributed by atoms with E-state index in [-0.39, 0.29) is 17.7 Å². The molecule has 12 nitrogen and oxygen atoms in total. The highest BCUT2D eigenvalue weighted by Gasteiger charge is 2.52. The number of carbonyl (C=O) groups excluding carboxylic acids is 3. The Morgan fingerprint density at radius 3 is 2.31 bits per heavy atom. The third-order valence-electron chi connectivity index (χ3n) is 4.37. The molecule has 0 saturated carbocycles. The highest BCUT2D eigenvalue weighted by atomic mass is 127. The zero-order valence-electron chi connectivity index (χ0n) is 18.3. The molecule has 0 aliphatic heterocycles. The Morgan fingerprint density at radius 2 is 1.75 bits per heavy atom. The van der Waals surface area contributed by atoms with Crippen molar-refractivity contribution in [1.29, 1.82) is 0 Å². The second-order valence-electron chi connectivity index (χ2n) is 6.88. The number of nitro benzene ring substituents is 1. The molecule has 2 aromatic rings. The summed E-state index contributed by atoms with van der Waals surface area (Å²) >= 11 is 1.90. The number of alkyl halides is 2. The second-order valence-corrected chi connectivity index (χ2v) is 9.62. The van der Waals surface area contributed by atoms with E-state index in [1.54, 1.807) is 0 Å². The van der Waals surface area contributed by atoms with Crippen LogP contribution in [0.3, 0.4) is 0 Å². The first-order valence-electron chi connectivity index (χ1n) is 9.65. The van der Waals surface area contributed by atoms with Crippen molar-refractivity contribution in [3.05, 3.63) is 61.2 Å². The lowest BCUT2D eigenvalue weighted by Gasteiger charge is -2.20. The van der Waals surface area contributed by atoms with Crippen molar-refractivity contribution in [2.75, 3.05) is 0 Å². The molecule has 0 fully saturated rings. The van der Waals surface area contributed by atoms with Crippen molar-refractivity contribution in [2.24, 2.45) is 0 Å². The predicted octanol–water partition coefficient (Wildman–Crippen LogP) is 3.76. The summed E-state index contributed by atoms with van der Waals surface area (Å²) < 4.78 is 72.9. The van der Waals surface area contributed by atoms with Crippen LogP contribution in [-0.2, 0) is 19.6 Å². The molecule has 36 heavy (non-hydrogen) atoms. The van der Waals surface area contributed by atoms with Gasteiger partial charge in [-0.2, -0.15) is 17.2 Å². The van der Waals surface area contributed by atoms with Crippen LogP contribution in [0.2, 0.25) is 0 Å². The summed E-state index contributed by atoms with van der Waals surface area (Å²) in [4.78, 5) is 46.9. The molecular formula is C20H16F2INO11S. The first kappa shape index (κ1) is 29.0. The van der Waals surface area contributed by atoms with E-state index < -0.39 is 61.3 Å². The first-order valence-corrected chi connectivity index (χ1v) is 12.2. The molecular weight excluding hydrogens is 627 g/mol. The molecule has 1 atom stereocenters. The maximum absolute atomic E-state index is 13.7. The highest BCUT2D eigenvalue weighted by Crippen LogP contribution is 2.31. The molecule has 0 spiro atoms. The van der Waals surface area contributed by atoms with Gasteiger partial charge in [-0.25, -0.2) is 9.59 Å². The lowest BCUT2D eigenvalue weighted by atomic mass is 10.1. The van der Waals surface area contributed by atoms with Crippen LogP contribution in [-0.4, -0.2) is 47.2 Å². The Morgan fingerprint density at radius 1 is 1.11 bits per heavy atom. The van der Waals surface area contributed by atoms with Gasteiger partial charge in [-0.1, -0.05) is 6.92 Å². The van der Waals surface area contributed by atoms with E-state index in [2.05, 4.69) is 4.74 Å². The fourth-order valence-electron chi connectivity index (χ4n) is 2.51. The van der Waals surface area contributed by atoms with E-state index in [4.69, 9.17) is 14.0 Å². The molecule has 194 valence electrons. The van der Waals surface area contributed by atoms with Crippen LogP contribution in [0.5, 0.6) is 11.5 Å². The normalized spacial score (nSPS) is 12.4. The van der Waals surface area contributed by atoms with Crippen molar-refractivity contribution >= 4 is 56.3 Å². The first-order chi connectivity index (χ1) is 16.6. The molecule has 2 rings (SSSR count). The minimum Gasteiger partial charge on any atom is -0.451 e. The van der Waals surface area contributed by atoms with E-state index in [1.165, 1.54) is 25.1 Å². The van der Waals surface area contributed by atoms with Gasteiger partial charge >= 0.3 is 33.3 Å². The topological polar surface area (TPSA) is 176 Å². The van der Waals surface area contributed by atoms with Crippen LogP contribution in [0.15, 0.2) is 36.4 Å².